The van der Waals surface area contributed by atoms with Gasteiger partial charge in [-0.1, -0.05) is 6.07 Å². The number of rotatable bonds is 8. The van der Waals surface area contributed by atoms with Gasteiger partial charge in [-0.2, -0.15) is 0 Å². The Morgan fingerprint density at radius 2 is 2.19 bits per heavy atom. The van der Waals surface area contributed by atoms with Crippen molar-refractivity contribution < 1.29 is 23.1 Å². The zero-order valence-electron chi connectivity index (χ0n) is 11.8. The minimum Gasteiger partial charge on any atom is -0.493 e. The molecule has 0 saturated heterocycles. The lowest BCUT2D eigenvalue weighted by molar-refractivity contribution is -0.139. The highest BCUT2D eigenvalue weighted by Crippen LogP contribution is 2.21. The molecule has 0 aliphatic heterocycles. The first-order valence-corrected chi connectivity index (χ1v) is 8.67. The van der Waals surface area contributed by atoms with E-state index in [1.807, 2.05) is 0 Å². The lowest BCUT2D eigenvalue weighted by Gasteiger charge is -2.14. The van der Waals surface area contributed by atoms with Gasteiger partial charge in [0.2, 0.25) is 0 Å². The van der Waals surface area contributed by atoms with Crippen molar-refractivity contribution in [2.24, 2.45) is 0 Å². The number of nitrogens with one attached hydrogen (secondary N) is 1. The van der Waals surface area contributed by atoms with E-state index in [9.17, 15) is 13.2 Å². The van der Waals surface area contributed by atoms with Gasteiger partial charge in [-0.3, -0.25) is 4.79 Å². The Balaban J connectivity index is 1.88. The highest BCUT2D eigenvalue weighted by molar-refractivity contribution is 7.90. The van der Waals surface area contributed by atoms with Crippen molar-refractivity contribution in [3.63, 3.8) is 0 Å². The average molecular weight is 313 g/mol. The van der Waals surface area contributed by atoms with E-state index in [4.69, 9.17) is 9.84 Å². The average Bonchev–Trinajstić information content (AvgIpc) is 3.21. The van der Waals surface area contributed by atoms with E-state index < -0.39 is 21.8 Å². The molecule has 116 valence electrons. The van der Waals surface area contributed by atoms with Crippen molar-refractivity contribution in [1.82, 2.24) is 5.32 Å². The maximum absolute atomic E-state index is 11.4. The zero-order chi connectivity index (χ0) is 15.5. The molecule has 0 heterocycles. The highest BCUT2D eigenvalue weighted by Gasteiger charge is 2.28. The standard InChI is InChI=1S/C14H19NO5S/c1-21(18,19)12-4-2-3-11(9-12)20-8-7-13(14(16)17)15-10-5-6-10/h2-4,9-10,13,15H,5-8H2,1H3,(H,16,17). The number of carbonyl (C=O) groups is 1. The smallest absolute Gasteiger partial charge is 0.320 e. The number of carboxylic acid groups (broad SMARTS) is 1. The van der Waals surface area contributed by atoms with Crippen LogP contribution < -0.4 is 10.1 Å². The minimum atomic E-state index is -3.27. The summed E-state index contributed by atoms with van der Waals surface area (Å²) in [5.74, 6) is -0.469. The molecule has 1 aromatic carbocycles. The molecular formula is C14H19NO5S. The molecule has 0 radical (unpaired) electrons. The maximum atomic E-state index is 11.4. The second-order valence-corrected chi connectivity index (χ2v) is 7.23. The quantitative estimate of drug-likeness (QED) is 0.745. The van der Waals surface area contributed by atoms with Crippen LogP contribution in [0.1, 0.15) is 19.3 Å². The summed E-state index contributed by atoms with van der Waals surface area (Å²) >= 11 is 0. The van der Waals surface area contributed by atoms with Gasteiger partial charge in [0.05, 0.1) is 11.5 Å². The Kier molecular flexibility index (Phi) is 4.84. The molecule has 0 aromatic heterocycles. The van der Waals surface area contributed by atoms with E-state index in [1.165, 1.54) is 12.1 Å². The zero-order valence-corrected chi connectivity index (χ0v) is 12.6. The minimum absolute atomic E-state index is 0.186. The fourth-order valence-corrected chi connectivity index (χ4v) is 2.56. The van der Waals surface area contributed by atoms with Crippen LogP contribution in [0.15, 0.2) is 29.2 Å². The predicted molar refractivity (Wildman–Crippen MR) is 77.2 cm³/mol. The van der Waals surface area contributed by atoms with Crippen LogP contribution in [-0.2, 0) is 14.6 Å². The molecule has 0 spiro atoms. The molecule has 6 nitrogen and oxygen atoms in total. The fourth-order valence-electron chi connectivity index (χ4n) is 1.90. The van der Waals surface area contributed by atoms with Crippen LogP contribution >= 0.6 is 0 Å². The molecule has 0 bridgehead atoms. The van der Waals surface area contributed by atoms with Gasteiger partial charge in [-0.05, 0) is 31.0 Å². The summed E-state index contributed by atoms with van der Waals surface area (Å²) in [5.41, 5.74) is 0. The first kappa shape index (κ1) is 15.8. The summed E-state index contributed by atoms with van der Waals surface area (Å²) in [6.45, 7) is 0.212. The Labute approximate surface area is 124 Å². The molecule has 1 saturated carbocycles. The third kappa shape index (κ3) is 5.02. The molecule has 1 aliphatic rings. The van der Waals surface area contributed by atoms with Crippen molar-refractivity contribution in [2.45, 2.75) is 36.2 Å². The second kappa shape index (κ2) is 6.44. The molecular weight excluding hydrogens is 294 g/mol. The van der Waals surface area contributed by atoms with Gasteiger partial charge >= 0.3 is 5.97 Å². The van der Waals surface area contributed by atoms with Gasteiger partial charge in [0.1, 0.15) is 11.8 Å². The summed E-state index contributed by atoms with van der Waals surface area (Å²) in [7, 11) is -3.27. The van der Waals surface area contributed by atoms with Crippen molar-refractivity contribution in [3.8, 4) is 5.75 Å². The number of ether oxygens (including phenoxy) is 1. The number of benzene rings is 1. The van der Waals surface area contributed by atoms with Crippen LogP contribution in [0.25, 0.3) is 0 Å². The first-order valence-electron chi connectivity index (χ1n) is 6.78. The molecule has 1 fully saturated rings. The summed E-state index contributed by atoms with van der Waals surface area (Å²) in [6, 6.07) is 5.87. The fraction of sp³-hybridized carbons (Fsp3) is 0.500. The topological polar surface area (TPSA) is 92.7 Å². The Hall–Kier alpha value is -1.60. The molecule has 0 amide bonds. The van der Waals surface area contributed by atoms with Crippen molar-refractivity contribution in [1.29, 1.82) is 0 Å². The summed E-state index contributed by atoms with van der Waals surface area (Å²) in [5, 5.41) is 12.1. The third-order valence-electron chi connectivity index (χ3n) is 3.22. The number of sulfone groups is 1. The number of hydrogen-bond acceptors (Lipinski definition) is 5. The summed E-state index contributed by atoms with van der Waals surface area (Å²) < 4.78 is 28.3. The predicted octanol–water partition coefficient (Wildman–Crippen LogP) is 1.06. The lowest BCUT2D eigenvalue weighted by atomic mass is 10.2. The van der Waals surface area contributed by atoms with Crippen molar-refractivity contribution in [2.75, 3.05) is 12.9 Å². The van der Waals surface area contributed by atoms with Crippen LogP contribution in [0.3, 0.4) is 0 Å². The molecule has 21 heavy (non-hydrogen) atoms. The molecule has 1 aromatic rings. The molecule has 7 heteroatoms. The Morgan fingerprint density at radius 3 is 2.76 bits per heavy atom. The normalized spacial score (nSPS) is 16.4. The Bertz CT molecular complexity index is 610. The van der Waals surface area contributed by atoms with Crippen LogP contribution in [0.2, 0.25) is 0 Å². The number of carboxylic acids is 1. The highest BCUT2D eigenvalue weighted by atomic mass is 32.2. The van der Waals surface area contributed by atoms with E-state index in [-0.39, 0.29) is 11.5 Å². The number of hydrogen-bond donors (Lipinski definition) is 2. The van der Waals surface area contributed by atoms with E-state index in [2.05, 4.69) is 5.32 Å². The van der Waals surface area contributed by atoms with E-state index in [0.29, 0.717) is 18.2 Å². The lowest BCUT2D eigenvalue weighted by Crippen LogP contribution is -2.39. The molecule has 1 atom stereocenters. The van der Waals surface area contributed by atoms with E-state index in [1.54, 1.807) is 12.1 Å². The molecule has 2 rings (SSSR count). The van der Waals surface area contributed by atoms with Crippen molar-refractivity contribution >= 4 is 15.8 Å². The van der Waals surface area contributed by atoms with Crippen LogP contribution in [-0.4, -0.2) is 44.4 Å². The van der Waals surface area contributed by atoms with Crippen LogP contribution in [0, 0.1) is 0 Å². The largest absolute Gasteiger partial charge is 0.493 e. The first-order chi connectivity index (χ1) is 9.86. The van der Waals surface area contributed by atoms with E-state index in [0.717, 1.165) is 19.1 Å². The van der Waals surface area contributed by atoms with E-state index >= 15 is 0 Å². The van der Waals surface area contributed by atoms with Gasteiger partial charge in [0.25, 0.3) is 0 Å². The summed E-state index contributed by atoms with van der Waals surface area (Å²) in [6.07, 6.45) is 3.49. The molecule has 1 aliphatic carbocycles. The SMILES string of the molecule is CS(=O)(=O)c1cccc(OCCC(NC2CC2)C(=O)O)c1. The monoisotopic (exact) mass is 313 g/mol. The van der Waals surface area contributed by atoms with Crippen LogP contribution in [0.4, 0.5) is 0 Å². The van der Waals surface area contributed by atoms with Gasteiger partial charge in [-0.15, -0.1) is 0 Å². The van der Waals surface area contributed by atoms with Gasteiger partial charge in [-0.25, -0.2) is 8.42 Å². The van der Waals surface area contributed by atoms with Gasteiger partial charge < -0.3 is 15.2 Å². The molecule has 1 unspecified atom stereocenters. The second-order valence-electron chi connectivity index (χ2n) is 5.22. The van der Waals surface area contributed by atoms with Gasteiger partial charge in [0, 0.05) is 18.7 Å². The van der Waals surface area contributed by atoms with Crippen molar-refractivity contribution in [3.05, 3.63) is 24.3 Å². The third-order valence-corrected chi connectivity index (χ3v) is 4.33. The van der Waals surface area contributed by atoms with Crippen LogP contribution in [0.5, 0.6) is 5.75 Å². The maximum Gasteiger partial charge on any atom is 0.320 e. The summed E-state index contributed by atoms with van der Waals surface area (Å²) in [4.78, 5) is 11.3. The Morgan fingerprint density at radius 1 is 1.48 bits per heavy atom. The van der Waals surface area contributed by atoms with Gasteiger partial charge in [0.15, 0.2) is 9.84 Å². The molecule has 2 N–H and O–H groups in total. The number of aliphatic carboxylic acids is 1.